The third-order valence-electron chi connectivity index (χ3n) is 3.08. The number of hydrogen-bond donors (Lipinski definition) is 1. The first kappa shape index (κ1) is 18.0. The van der Waals surface area contributed by atoms with Crippen LogP contribution in [0.15, 0.2) is 24.3 Å². The SMILES string of the molecule is CCCCN(C)C(=O)CC(=O)Nc1ccc(C(F)(F)F)cc1. The Bertz CT molecular complexity index is 513. The van der Waals surface area contributed by atoms with Gasteiger partial charge in [0.1, 0.15) is 6.42 Å². The van der Waals surface area contributed by atoms with Crippen molar-refractivity contribution in [2.75, 3.05) is 18.9 Å². The second-order valence-electron chi connectivity index (χ2n) is 4.97. The van der Waals surface area contributed by atoms with Crippen LogP contribution >= 0.6 is 0 Å². The summed E-state index contributed by atoms with van der Waals surface area (Å²) < 4.78 is 37.2. The Morgan fingerprint density at radius 1 is 1.18 bits per heavy atom. The van der Waals surface area contributed by atoms with Gasteiger partial charge in [0.2, 0.25) is 11.8 Å². The predicted octanol–water partition coefficient (Wildman–Crippen LogP) is 3.29. The lowest BCUT2D eigenvalue weighted by atomic mass is 10.2. The topological polar surface area (TPSA) is 49.4 Å². The zero-order valence-electron chi connectivity index (χ0n) is 12.5. The van der Waals surface area contributed by atoms with Gasteiger partial charge >= 0.3 is 6.18 Å². The van der Waals surface area contributed by atoms with E-state index in [4.69, 9.17) is 0 Å². The van der Waals surface area contributed by atoms with Gasteiger partial charge in [0.15, 0.2) is 0 Å². The molecule has 0 saturated heterocycles. The van der Waals surface area contributed by atoms with Gasteiger partial charge in [-0.15, -0.1) is 0 Å². The van der Waals surface area contributed by atoms with Gasteiger partial charge in [-0.25, -0.2) is 0 Å². The fourth-order valence-electron chi connectivity index (χ4n) is 1.74. The zero-order valence-corrected chi connectivity index (χ0v) is 12.5. The van der Waals surface area contributed by atoms with E-state index in [1.54, 1.807) is 7.05 Å². The van der Waals surface area contributed by atoms with Gasteiger partial charge in [-0.2, -0.15) is 13.2 Å². The van der Waals surface area contributed by atoms with Crippen molar-refractivity contribution in [3.8, 4) is 0 Å². The van der Waals surface area contributed by atoms with Crippen molar-refractivity contribution in [2.45, 2.75) is 32.4 Å². The number of nitrogens with one attached hydrogen (secondary N) is 1. The molecule has 4 nitrogen and oxygen atoms in total. The highest BCUT2D eigenvalue weighted by Gasteiger charge is 2.30. The normalized spacial score (nSPS) is 11.1. The lowest BCUT2D eigenvalue weighted by Crippen LogP contribution is -2.31. The molecule has 1 aromatic carbocycles. The van der Waals surface area contributed by atoms with E-state index in [9.17, 15) is 22.8 Å². The summed E-state index contributed by atoms with van der Waals surface area (Å²) in [4.78, 5) is 24.9. The molecule has 2 amide bonds. The van der Waals surface area contributed by atoms with Crippen LogP contribution in [0.4, 0.5) is 18.9 Å². The number of unbranched alkanes of at least 4 members (excludes halogenated alkanes) is 1. The number of nitrogens with zero attached hydrogens (tertiary/aromatic N) is 1. The van der Waals surface area contributed by atoms with Gasteiger partial charge < -0.3 is 10.2 Å². The summed E-state index contributed by atoms with van der Waals surface area (Å²) in [5.74, 6) is -0.869. The van der Waals surface area contributed by atoms with Crippen LogP contribution in [0.1, 0.15) is 31.7 Å². The number of carbonyl (C=O) groups excluding carboxylic acids is 2. The number of carbonyl (C=O) groups is 2. The second-order valence-corrected chi connectivity index (χ2v) is 4.97. The standard InChI is InChI=1S/C15H19F3N2O2/c1-3-4-9-20(2)14(22)10-13(21)19-12-7-5-11(6-8-12)15(16,17)18/h5-8H,3-4,9-10H2,1-2H3,(H,19,21). The van der Waals surface area contributed by atoms with Gasteiger partial charge in [0, 0.05) is 19.3 Å². The summed E-state index contributed by atoms with van der Waals surface area (Å²) in [6.07, 6.45) is -2.96. The molecule has 0 radical (unpaired) electrons. The molecule has 0 aliphatic rings. The van der Waals surface area contributed by atoms with E-state index in [1.807, 2.05) is 6.92 Å². The summed E-state index contributed by atoms with van der Waals surface area (Å²) in [5.41, 5.74) is -0.567. The monoisotopic (exact) mass is 316 g/mol. The third-order valence-corrected chi connectivity index (χ3v) is 3.08. The first-order valence-electron chi connectivity index (χ1n) is 6.95. The molecule has 0 spiro atoms. The molecule has 22 heavy (non-hydrogen) atoms. The van der Waals surface area contributed by atoms with E-state index in [0.717, 1.165) is 37.1 Å². The van der Waals surface area contributed by atoms with Crippen LogP contribution in [-0.4, -0.2) is 30.3 Å². The molecular weight excluding hydrogens is 297 g/mol. The molecule has 0 atom stereocenters. The molecule has 0 bridgehead atoms. The van der Waals surface area contributed by atoms with E-state index in [0.29, 0.717) is 6.54 Å². The van der Waals surface area contributed by atoms with Crippen molar-refractivity contribution in [2.24, 2.45) is 0 Å². The van der Waals surface area contributed by atoms with Crippen molar-refractivity contribution in [3.05, 3.63) is 29.8 Å². The average molecular weight is 316 g/mol. The highest BCUT2D eigenvalue weighted by atomic mass is 19.4. The molecule has 7 heteroatoms. The maximum atomic E-state index is 12.4. The number of alkyl halides is 3. The van der Waals surface area contributed by atoms with Crippen molar-refractivity contribution < 1.29 is 22.8 Å². The molecule has 0 fully saturated rings. The van der Waals surface area contributed by atoms with E-state index < -0.39 is 17.6 Å². The number of rotatable bonds is 6. The minimum absolute atomic E-state index is 0.224. The van der Waals surface area contributed by atoms with Crippen LogP contribution in [0, 0.1) is 0 Å². The van der Waals surface area contributed by atoms with Crippen LogP contribution < -0.4 is 5.32 Å². The highest BCUT2D eigenvalue weighted by molar-refractivity contribution is 6.03. The van der Waals surface area contributed by atoms with Gasteiger partial charge in [-0.3, -0.25) is 9.59 Å². The van der Waals surface area contributed by atoms with E-state index in [2.05, 4.69) is 5.32 Å². The fourth-order valence-corrected chi connectivity index (χ4v) is 1.74. The Morgan fingerprint density at radius 3 is 2.27 bits per heavy atom. The summed E-state index contributed by atoms with van der Waals surface area (Å²) >= 11 is 0. The lowest BCUT2D eigenvalue weighted by molar-refractivity contribution is -0.137. The smallest absolute Gasteiger partial charge is 0.345 e. The van der Waals surface area contributed by atoms with Crippen LogP contribution in [0.25, 0.3) is 0 Å². The molecule has 1 N–H and O–H groups in total. The van der Waals surface area contributed by atoms with Crippen LogP contribution in [-0.2, 0) is 15.8 Å². The summed E-state index contributed by atoms with van der Waals surface area (Å²) in [6, 6.07) is 4.08. The zero-order chi connectivity index (χ0) is 16.8. The van der Waals surface area contributed by atoms with Crippen molar-refractivity contribution in [3.63, 3.8) is 0 Å². The van der Waals surface area contributed by atoms with Crippen LogP contribution in [0.5, 0.6) is 0 Å². The average Bonchev–Trinajstić information content (AvgIpc) is 2.44. The summed E-state index contributed by atoms with van der Waals surface area (Å²) in [6.45, 7) is 2.57. The number of hydrogen-bond acceptors (Lipinski definition) is 2. The number of anilines is 1. The Hall–Kier alpha value is -2.05. The minimum Gasteiger partial charge on any atom is -0.345 e. The second kappa shape index (κ2) is 7.82. The maximum Gasteiger partial charge on any atom is 0.416 e. The Balaban J connectivity index is 2.53. The number of halogens is 3. The highest BCUT2D eigenvalue weighted by Crippen LogP contribution is 2.29. The van der Waals surface area contributed by atoms with Crippen molar-refractivity contribution in [1.82, 2.24) is 4.90 Å². The quantitative estimate of drug-likeness (QED) is 0.819. The number of amides is 2. The van der Waals surface area contributed by atoms with E-state index in [1.165, 1.54) is 4.90 Å². The predicted molar refractivity (Wildman–Crippen MR) is 77.2 cm³/mol. The molecule has 0 aliphatic heterocycles. The largest absolute Gasteiger partial charge is 0.416 e. The van der Waals surface area contributed by atoms with E-state index >= 15 is 0 Å². The van der Waals surface area contributed by atoms with Gasteiger partial charge in [-0.05, 0) is 30.7 Å². The molecule has 0 aliphatic carbocycles. The van der Waals surface area contributed by atoms with Crippen molar-refractivity contribution in [1.29, 1.82) is 0 Å². The first-order valence-corrected chi connectivity index (χ1v) is 6.95. The molecule has 122 valence electrons. The molecule has 0 unspecified atom stereocenters. The van der Waals surface area contributed by atoms with Crippen LogP contribution in [0.3, 0.4) is 0 Å². The van der Waals surface area contributed by atoms with E-state index in [-0.39, 0.29) is 18.0 Å². The Kier molecular flexibility index (Phi) is 6.39. The molecule has 1 rings (SSSR count). The molecule has 0 aromatic heterocycles. The molecule has 1 aromatic rings. The van der Waals surface area contributed by atoms with Gasteiger partial charge in [-0.1, -0.05) is 13.3 Å². The molecular formula is C15H19F3N2O2. The van der Waals surface area contributed by atoms with Gasteiger partial charge in [0.25, 0.3) is 0 Å². The minimum atomic E-state index is -4.42. The van der Waals surface area contributed by atoms with Gasteiger partial charge in [0.05, 0.1) is 5.56 Å². The molecule has 0 heterocycles. The fraction of sp³-hybridized carbons (Fsp3) is 0.467. The summed E-state index contributed by atoms with van der Waals surface area (Å²) in [5, 5.41) is 2.41. The maximum absolute atomic E-state index is 12.4. The third kappa shape index (κ3) is 5.75. The Morgan fingerprint density at radius 2 is 1.77 bits per heavy atom. The molecule has 0 saturated carbocycles. The summed E-state index contributed by atoms with van der Waals surface area (Å²) in [7, 11) is 1.61. The first-order chi connectivity index (χ1) is 10.2. The lowest BCUT2D eigenvalue weighted by Gasteiger charge is -2.16. The van der Waals surface area contributed by atoms with Crippen LogP contribution in [0.2, 0.25) is 0 Å². The van der Waals surface area contributed by atoms with Crippen molar-refractivity contribution >= 4 is 17.5 Å². The Labute approximate surface area is 127 Å². The number of benzene rings is 1.